The SMILES string of the molecule is COc1cc(CCn2cccc(/C=C/C(=O)NO)c2=O)cc(OC)c1OC. The monoisotopic (exact) mass is 374 g/mol. The van der Waals surface area contributed by atoms with E-state index < -0.39 is 5.91 Å². The van der Waals surface area contributed by atoms with Crippen LogP contribution in [0.25, 0.3) is 6.08 Å². The van der Waals surface area contributed by atoms with E-state index in [1.54, 1.807) is 37.1 Å². The van der Waals surface area contributed by atoms with Crippen LogP contribution < -0.4 is 25.2 Å². The summed E-state index contributed by atoms with van der Waals surface area (Å²) in [5.41, 5.74) is 2.49. The van der Waals surface area contributed by atoms with Gasteiger partial charge in [-0.05, 0) is 42.3 Å². The smallest absolute Gasteiger partial charge is 0.267 e. The minimum absolute atomic E-state index is 0.244. The Morgan fingerprint density at radius 1 is 1.19 bits per heavy atom. The van der Waals surface area contributed by atoms with Crippen LogP contribution in [0.1, 0.15) is 11.1 Å². The number of hydrogen-bond donors (Lipinski definition) is 2. The number of carbonyl (C=O) groups excluding carboxylic acids is 1. The predicted molar refractivity (Wildman–Crippen MR) is 99.5 cm³/mol. The Labute approximate surface area is 156 Å². The Kier molecular flexibility index (Phi) is 7.01. The molecule has 0 aliphatic rings. The molecule has 0 saturated carbocycles. The number of nitrogens with zero attached hydrogens (tertiary/aromatic N) is 1. The summed E-state index contributed by atoms with van der Waals surface area (Å²) < 4.78 is 17.5. The first-order chi connectivity index (χ1) is 13.0. The molecule has 0 radical (unpaired) electrons. The van der Waals surface area contributed by atoms with Crippen LogP contribution in [0.4, 0.5) is 0 Å². The standard InChI is InChI=1S/C19H22N2O6/c1-25-15-11-13(12-16(26-2)18(15)27-3)8-10-21-9-4-5-14(19(21)23)6-7-17(22)20-24/h4-7,9,11-12,24H,8,10H2,1-3H3,(H,20,22)/b7-6+. The van der Waals surface area contributed by atoms with Gasteiger partial charge in [0.05, 0.1) is 21.3 Å². The number of carbonyl (C=O) groups is 1. The van der Waals surface area contributed by atoms with E-state index in [1.807, 2.05) is 12.1 Å². The molecule has 8 heteroatoms. The minimum atomic E-state index is -0.706. The summed E-state index contributed by atoms with van der Waals surface area (Å²) in [4.78, 5) is 23.6. The van der Waals surface area contributed by atoms with E-state index in [0.717, 1.165) is 11.6 Å². The van der Waals surface area contributed by atoms with Crippen molar-refractivity contribution >= 4 is 12.0 Å². The highest BCUT2D eigenvalue weighted by Gasteiger charge is 2.13. The molecule has 0 aliphatic carbocycles. The first-order valence-electron chi connectivity index (χ1n) is 8.14. The van der Waals surface area contributed by atoms with Crippen LogP contribution in [0.2, 0.25) is 0 Å². The largest absolute Gasteiger partial charge is 0.493 e. The number of aryl methyl sites for hydroxylation is 2. The third-order valence-corrected chi connectivity index (χ3v) is 3.94. The highest BCUT2D eigenvalue weighted by atomic mass is 16.5. The first kappa shape index (κ1) is 20.1. The molecule has 1 aromatic heterocycles. The van der Waals surface area contributed by atoms with Gasteiger partial charge < -0.3 is 18.8 Å². The third kappa shape index (κ3) is 4.89. The summed E-state index contributed by atoms with van der Waals surface area (Å²) in [6.07, 6.45) is 4.66. The fourth-order valence-electron chi connectivity index (χ4n) is 2.59. The van der Waals surface area contributed by atoms with Gasteiger partial charge in [-0.25, -0.2) is 5.48 Å². The van der Waals surface area contributed by atoms with Gasteiger partial charge in [0.1, 0.15) is 0 Å². The number of rotatable bonds is 8. The molecule has 0 bridgehead atoms. The molecule has 2 N–H and O–H groups in total. The number of ether oxygens (including phenoxy) is 3. The molecule has 1 amide bonds. The fraction of sp³-hybridized carbons (Fsp3) is 0.263. The summed E-state index contributed by atoms with van der Waals surface area (Å²) in [5, 5.41) is 8.51. The number of methoxy groups -OCH3 is 3. The van der Waals surface area contributed by atoms with E-state index in [1.165, 1.54) is 18.7 Å². The number of amides is 1. The van der Waals surface area contributed by atoms with E-state index in [9.17, 15) is 9.59 Å². The Morgan fingerprint density at radius 2 is 1.85 bits per heavy atom. The minimum Gasteiger partial charge on any atom is -0.493 e. The summed E-state index contributed by atoms with van der Waals surface area (Å²) in [7, 11) is 4.63. The molecule has 144 valence electrons. The molecule has 27 heavy (non-hydrogen) atoms. The van der Waals surface area contributed by atoms with Gasteiger partial charge in [0.15, 0.2) is 11.5 Å². The lowest BCUT2D eigenvalue weighted by molar-refractivity contribution is -0.124. The van der Waals surface area contributed by atoms with Crippen LogP contribution in [-0.2, 0) is 17.8 Å². The van der Waals surface area contributed by atoms with Crippen LogP contribution in [0.5, 0.6) is 17.2 Å². The highest BCUT2D eigenvalue weighted by Crippen LogP contribution is 2.38. The summed E-state index contributed by atoms with van der Waals surface area (Å²) in [6, 6.07) is 6.98. The maximum absolute atomic E-state index is 12.5. The summed E-state index contributed by atoms with van der Waals surface area (Å²) in [5.74, 6) is 0.897. The van der Waals surface area contributed by atoms with Crippen molar-refractivity contribution in [2.24, 2.45) is 0 Å². The average molecular weight is 374 g/mol. The Bertz CT molecular complexity index is 863. The third-order valence-electron chi connectivity index (χ3n) is 3.94. The highest BCUT2D eigenvalue weighted by molar-refractivity contribution is 5.90. The van der Waals surface area contributed by atoms with Crippen LogP contribution >= 0.6 is 0 Å². The lowest BCUT2D eigenvalue weighted by Crippen LogP contribution is -2.22. The van der Waals surface area contributed by atoms with Crippen LogP contribution in [-0.4, -0.2) is 37.0 Å². The number of hydrogen-bond acceptors (Lipinski definition) is 6. The predicted octanol–water partition coefficient (Wildman–Crippen LogP) is 1.64. The van der Waals surface area contributed by atoms with Gasteiger partial charge in [0.25, 0.3) is 11.5 Å². The van der Waals surface area contributed by atoms with Crippen LogP contribution in [0.3, 0.4) is 0 Å². The van der Waals surface area contributed by atoms with Gasteiger partial charge in [-0.15, -0.1) is 0 Å². The number of benzene rings is 1. The van der Waals surface area contributed by atoms with Gasteiger partial charge >= 0.3 is 0 Å². The molecule has 1 aromatic carbocycles. The van der Waals surface area contributed by atoms with Gasteiger partial charge in [0, 0.05) is 24.4 Å². The van der Waals surface area contributed by atoms with Crippen molar-refractivity contribution in [3.63, 3.8) is 0 Å². The zero-order valence-corrected chi connectivity index (χ0v) is 15.4. The van der Waals surface area contributed by atoms with Crippen molar-refractivity contribution in [2.45, 2.75) is 13.0 Å². The van der Waals surface area contributed by atoms with Gasteiger partial charge in [-0.1, -0.05) is 0 Å². The quantitative estimate of drug-likeness (QED) is 0.414. The molecule has 0 atom stereocenters. The van der Waals surface area contributed by atoms with Crippen molar-refractivity contribution < 1.29 is 24.2 Å². The van der Waals surface area contributed by atoms with Crippen molar-refractivity contribution in [3.8, 4) is 17.2 Å². The summed E-state index contributed by atoms with van der Waals surface area (Å²) in [6.45, 7) is 0.422. The molecule has 8 nitrogen and oxygen atoms in total. The maximum Gasteiger partial charge on any atom is 0.267 e. The molecule has 0 fully saturated rings. The molecule has 2 rings (SSSR count). The second-order valence-electron chi connectivity index (χ2n) is 5.56. The molecular weight excluding hydrogens is 352 g/mol. The van der Waals surface area contributed by atoms with Crippen molar-refractivity contribution in [1.29, 1.82) is 0 Å². The maximum atomic E-state index is 12.5. The van der Waals surface area contributed by atoms with E-state index in [0.29, 0.717) is 35.8 Å². The van der Waals surface area contributed by atoms with Crippen molar-refractivity contribution in [2.75, 3.05) is 21.3 Å². The van der Waals surface area contributed by atoms with Crippen LogP contribution in [0, 0.1) is 0 Å². The Hall–Kier alpha value is -3.26. The Balaban J connectivity index is 2.23. The second-order valence-corrected chi connectivity index (χ2v) is 5.56. The van der Waals surface area contributed by atoms with E-state index in [2.05, 4.69) is 0 Å². The number of hydroxylamine groups is 1. The topological polar surface area (TPSA) is 99.0 Å². The molecule has 2 aromatic rings. The average Bonchev–Trinajstić information content (AvgIpc) is 2.70. The first-order valence-corrected chi connectivity index (χ1v) is 8.14. The Morgan fingerprint density at radius 3 is 2.41 bits per heavy atom. The summed E-state index contributed by atoms with van der Waals surface area (Å²) >= 11 is 0. The molecule has 1 heterocycles. The molecule has 0 saturated heterocycles. The van der Waals surface area contributed by atoms with Gasteiger partial charge in [-0.3, -0.25) is 14.8 Å². The van der Waals surface area contributed by atoms with Gasteiger partial charge in [-0.2, -0.15) is 0 Å². The normalized spacial score (nSPS) is 10.7. The van der Waals surface area contributed by atoms with E-state index in [-0.39, 0.29) is 5.56 Å². The number of pyridine rings is 1. The number of aromatic nitrogens is 1. The van der Waals surface area contributed by atoms with E-state index in [4.69, 9.17) is 19.4 Å². The fourth-order valence-corrected chi connectivity index (χ4v) is 2.59. The lowest BCUT2D eigenvalue weighted by Gasteiger charge is -2.14. The van der Waals surface area contributed by atoms with Crippen molar-refractivity contribution in [3.05, 3.63) is 58.0 Å². The zero-order chi connectivity index (χ0) is 19.8. The lowest BCUT2D eigenvalue weighted by atomic mass is 10.1. The molecule has 0 aliphatic heterocycles. The number of nitrogens with one attached hydrogen (secondary N) is 1. The second kappa shape index (κ2) is 9.44. The molecule has 0 spiro atoms. The van der Waals surface area contributed by atoms with Crippen molar-refractivity contribution in [1.82, 2.24) is 10.0 Å². The molecule has 0 unspecified atom stereocenters. The van der Waals surface area contributed by atoms with Gasteiger partial charge in [0.2, 0.25) is 5.75 Å². The van der Waals surface area contributed by atoms with E-state index >= 15 is 0 Å². The zero-order valence-electron chi connectivity index (χ0n) is 15.4. The molecular formula is C19H22N2O6. The van der Waals surface area contributed by atoms with Crippen LogP contribution in [0.15, 0.2) is 41.3 Å².